The number of hydroxylamine groups is 1. The van der Waals surface area contributed by atoms with Crippen molar-refractivity contribution in [3.63, 3.8) is 0 Å². The molecule has 30 valence electrons. The minimum absolute atomic E-state index is 0.438. The molecular weight excluding hydrogens is 89.0 g/mol. The largest absolute Gasteiger partial charge is 0.277 e. The zero-order valence-electron chi connectivity index (χ0n) is 2.47. The lowest BCUT2D eigenvalue weighted by molar-refractivity contribution is -0.114. The summed E-state index contributed by atoms with van der Waals surface area (Å²) in [6.45, 7) is 0. The van der Waals surface area contributed by atoms with Gasteiger partial charge in [-0.3, -0.25) is 9.42 Å². The van der Waals surface area contributed by atoms with E-state index in [0.717, 1.165) is 0 Å². The van der Waals surface area contributed by atoms with Crippen LogP contribution in [0.25, 0.3) is 0 Å². The van der Waals surface area contributed by atoms with Crippen LogP contribution in [0.2, 0.25) is 0 Å². The lowest BCUT2D eigenvalue weighted by Crippen LogP contribution is -2.01. The van der Waals surface area contributed by atoms with Gasteiger partial charge in [-0.1, -0.05) is 0 Å². The highest BCUT2D eigenvalue weighted by molar-refractivity contribution is 7.09. The molecule has 0 aliphatic carbocycles. The van der Waals surface area contributed by atoms with E-state index in [-0.39, 0.29) is 0 Å². The summed E-state index contributed by atoms with van der Waals surface area (Å²) in [6.07, 6.45) is 0.438. The summed E-state index contributed by atoms with van der Waals surface area (Å²) < 4.78 is 3.99. The maximum Gasteiger partial charge on any atom is 0.230 e. The Morgan fingerprint density at radius 2 is 2.60 bits per heavy atom. The molecule has 0 spiro atoms. The van der Waals surface area contributed by atoms with Crippen molar-refractivity contribution in [1.29, 1.82) is 0 Å². The van der Waals surface area contributed by atoms with Crippen LogP contribution in [0.15, 0.2) is 0 Å². The highest BCUT2D eigenvalue weighted by Gasteiger charge is 1.57. The molecule has 1 amide bonds. The third kappa shape index (κ3) is 3.86. The van der Waals surface area contributed by atoms with E-state index in [1.807, 2.05) is 14.9 Å². The average molecular weight is 93.0 g/mol. The van der Waals surface area contributed by atoms with Crippen molar-refractivity contribution in [1.82, 2.24) is 5.48 Å². The molecule has 0 aromatic heterocycles. The van der Waals surface area contributed by atoms with Gasteiger partial charge in [0.05, 0.1) is 0 Å². The SMILES string of the molecule is O=CNOP. The van der Waals surface area contributed by atoms with Gasteiger partial charge in [-0.25, -0.2) is 5.48 Å². The predicted molar refractivity (Wildman–Crippen MR) is 20.0 cm³/mol. The first-order chi connectivity index (χ1) is 2.41. The monoisotopic (exact) mass is 93.0 g/mol. The number of carbonyl (C=O) groups is 1. The van der Waals surface area contributed by atoms with Crippen molar-refractivity contribution in [3.8, 4) is 0 Å². The molecule has 1 unspecified atom stereocenters. The molecule has 0 aliphatic rings. The Balaban J connectivity index is 2.40. The van der Waals surface area contributed by atoms with Gasteiger partial charge in [0.25, 0.3) is 0 Å². The van der Waals surface area contributed by atoms with Gasteiger partial charge in [0.1, 0.15) is 0 Å². The summed E-state index contributed by atoms with van der Waals surface area (Å²) >= 11 is 0. The highest BCUT2D eigenvalue weighted by Crippen LogP contribution is 1.69. The molecule has 5 heavy (non-hydrogen) atoms. The van der Waals surface area contributed by atoms with Crippen LogP contribution >= 0.6 is 9.47 Å². The smallest absolute Gasteiger partial charge is 0.230 e. The van der Waals surface area contributed by atoms with Crippen LogP contribution in [0.1, 0.15) is 0 Å². The molecule has 3 nitrogen and oxygen atoms in total. The number of nitrogens with one attached hydrogen (secondary N) is 1. The third-order valence-electron chi connectivity index (χ3n) is 0.116. The summed E-state index contributed by atoms with van der Waals surface area (Å²) in [7, 11) is 1.86. The standard InChI is InChI=1S/CH4NO2P/c3-1-2-4-5/h1H,5H2,(H,2,3). The molecule has 0 fully saturated rings. The minimum Gasteiger partial charge on any atom is -0.277 e. The fourth-order valence-electron chi connectivity index (χ4n) is 0.0278. The van der Waals surface area contributed by atoms with E-state index in [0.29, 0.717) is 6.41 Å². The fourth-order valence-corrected chi connectivity index (χ4v) is 0.0833. The Hall–Kier alpha value is -0.140. The van der Waals surface area contributed by atoms with Crippen molar-refractivity contribution in [2.75, 3.05) is 0 Å². The topological polar surface area (TPSA) is 38.3 Å². The van der Waals surface area contributed by atoms with Crippen molar-refractivity contribution < 1.29 is 9.42 Å². The van der Waals surface area contributed by atoms with Gasteiger partial charge in [0.15, 0.2) is 0 Å². The number of amides is 1. The molecule has 0 aromatic rings. The highest BCUT2D eigenvalue weighted by atomic mass is 31.0. The Kier molecular flexibility index (Phi) is 3.75. The van der Waals surface area contributed by atoms with E-state index in [1.165, 1.54) is 0 Å². The zero-order chi connectivity index (χ0) is 4.12. The van der Waals surface area contributed by atoms with Gasteiger partial charge in [0, 0.05) is 9.47 Å². The maximum atomic E-state index is 9.16. The average Bonchev–Trinajstić information content (AvgIpc) is 1.41. The minimum atomic E-state index is 0.438. The molecule has 0 saturated carbocycles. The summed E-state index contributed by atoms with van der Waals surface area (Å²) in [5.74, 6) is 0. The van der Waals surface area contributed by atoms with Crippen molar-refractivity contribution >= 4 is 15.9 Å². The van der Waals surface area contributed by atoms with Crippen molar-refractivity contribution in [2.24, 2.45) is 0 Å². The third-order valence-corrected chi connectivity index (χ3v) is 0.252. The van der Waals surface area contributed by atoms with Gasteiger partial charge in [-0.2, -0.15) is 0 Å². The van der Waals surface area contributed by atoms with E-state index >= 15 is 0 Å². The van der Waals surface area contributed by atoms with E-state index < -0.39 is 0 Å². The molecule has 4 heteroatoms. The Labute approximate surface area is 31.9 Å². The second-order valence-electron chi connectivity index (χ2n) is 0.354. The van der Waals surface area contributed by atoms with Gasteiger partial charge < -0.3 is 0 Å². The van der Waals surface area contributed by atoms with E-state index in [1.54, 1.807) is 0 Å². The van der Waals surface area contributed by atoms with Crippen LogP contribution in [0, 0.1) is 0 Å². The molecule has 0 heterocycles. The Bertz CT molecular complexity index is 30.8. The van der Waals surface area contributed by atoms with E-state index in [4.69, 9.17) is 4.79 Å². The van der Waals surface area contributed by atoms with E-state index in [9.17, 15) is 0 Å². The second kappa shape index (κ2) is 3.86. The van der Waals surface area contributed by atoms with Gasteiger partial charge in [-0.15, -0.1) is 0 Å². The van der Waals surface area contributed by atoms with Gasteiger partial charge in [-0.05, 0) is 0 Å². The van der Waals surface area contributed by atoms with Crippen molar-refractivity contribution in [3.05, 3.63) is 0 Å². The predicted octanol–water partition coefficient (Wildman–Crippen LogP) is -0.546. The first-order valence-electron chi connectivity index (χ1n) is 0.964. The molecule has 1 atom stereocenters. The first kappa shape index (κ1) is 4.86. The number of hydrogen-bond acceptors (Lipinski definition) is 2. The normalized spacial score (nSPS) is 6.60. The molecule has 0 rings (SSSR count). The maximum absolute atomic E-state index is 9.16. The lowest BCUT2D eigenvalue weighted by atomic mass is 11.5. The molecular formula is CH4NO2P. The van der Waals surface area contributed by atoms with E-state index in [2.05, 4.69) is 4.62 Å². The fraction of sp³-hybridized carbons (Fsp3) is 0. The molecule has 0 radical (unpaired) electrons. The van der Waals surface area contributed by atoms with Crippen LogP contribution in [0.5, 0.6) is 0 Å². The van der Waals surface area contributed by atoms with Crippen LogP contribution < -0.4 is 5.48 Å². The Morgan fingerprint density at radius 3 is 2.60 bits per heavy atom. The molecule has 0 aliphatic heterocycles. The number of hydrogen-bond donors (Lipinski definition) is 1. The van der Waals surface area contributed by atoms with Gasteiger partial charge in [0.2, 0.25) is 6.41 Å². The molecule has 0 saturated heterocycles. The molecule has 0 aromatic carbocycles. The molecule has 1 N–H and O–H groups in total. The second-order valence-corrected chi connectivity index (χ2v) is 0.589. The van der Waals surface area contributed by atoms with Crippen LogP contribution in [-0.4, -0.2) is 6.41 Å². The zero-order valence-corrected chi connectivity index (χ0v) is 3.63. The summed E-state index contributed by atoms with van der Waals surface area (Å²) in [5, 5.41) is 0. The van der Waals surface area contributed by atoms with Crippen molar-refractivity contribution in [2.45, 2.75) is 0 Å². The summed E-state index contributed by atoms with van der Waals surface area (Å²) in [5.41, 5.74) is 1.89. The molecule has 0 bridgehead atoms. The van der Waals surface area contributed by atoms with Crippen LogP contribution in [-0.2, 0) is 9.42 Å². The van der Waals surface area contributed by atoms with Crippen LogP contribution in [0.3, 0.4) is 0 Å². The summed E-state index contributed by atoms with van der Waals surface area (Å²) in [4.78, 5) is 9.16. The lowest BCUT2D eigenvalue weighted by Gasteiger charge is -1.81. The number of rotatable bonds is 2. The number of carbonyl (C=O) groups excluding carboxylic acids is 1. The summed E-state index contributed by atoms with van der Waals surface area (Å²) in [6, 6.07) is 0. The quantitative estimate of drug-likeness (QED) is 0.282. The van der Waals surface area contributed by atoms with Gasteiger partial charge >= 0.3 is 0 Å². The van der Waals surface area contributed by atoms with Crippen LogP contribution in [0.4, 0.5) is 0 Å². The first-order valence-corrected chi connectivity index (χ1v) is 1.44. The Morgan fingerprint density at radius 1 is 2.00 bits per heavy atom.